The van der Waals surface area contributed by atoms with Gasteiger partial charge in [0.15, 0.2) is 5.82 Å². The fraction of sp³-hybridized carbons (Fsp3) is 0.235. The third kappa shape index (κ3) is 4.17. The van der Waals surface area contributed by atoms with E-state index in [9.17, 15) is 19.3 Å². The van der Waals surface area contributed by atoms with Crippen LogP contribution in [0.15, 0.2) is 42.7 Å². The smallest absolute Gasteiger partial charge is 0.307 e. The van der Waals surface area contributed by atoms with Gasteiger partial charge in [0.2, 0.25) is 5.91 Å². The molecular weight excluding hydrogens is 355 g/mol. The first kappa shape index (κ1) is 18.2. The predicted octanol–water partition coefficient (Wildman–Crippen LogP) is 2.68. The highest BCUT2D eigenvalue weighted by Gasteiger charge is 2.22. The number of rotatable bonds is 6. The van der Waals surface area contributed by atoms with E-state index in [-0.39, 0.29) is 17.2 Å². The first-order chi connectivity index (χ1) is 12.8. The maximum absolute atomic E-state index is 12.9. The minimum absolute atomic E-state index is 0.141. The zero-order chi connectivity index (χ0) is 19.6. The average molecular weight is 372 g/mol. The molecule has 3 aromatic rings. The van der Waals surface area contributed by atoms with Gasteiger partial charge in [0.1, 0.15) is 23.7 Å². The largest absolute Gasteiger partial charge is 0.309 e. The van der Waals surface area contributed by atoms with Gasteiger partial charge in [-0.1, -0.05) is 12.1 Å². The summed E-state index contributed by atoms with van der Waals surface area (Å²) in [5.41, 5.74) is 0.964. The normalized spacial score (nSPS) is 12.0. The number of nitrogens with one attached hydrogen (secondary N) is 1. The number of carbonyl (C=O) groups excluding carboxylic acids is 1. The number of anilines is 1. The number of hydrogen-bond donors (Lipinski definition) is 1. The Bertz CT molecular complexity index is 979. The van der Waals surface area contributed by atoms with Crippen LogP contribution in [0.25, 0.3) is 0 Å². The highest BCUT2D eigenvalue weighted by molar-refractivity contribution is 5.92. The summed E-state index contributed by atoms with van der Waals surface area (Å²) in [6, 6.07) is 6.93. The molecule has 0 saturated carbocycles. The zero-order valence-electron chi connectivity index (χ0n) is 14.7. The second-order valence-electron chi connectivity index (χ2n) is 6.03. The Labute approximate surface area is 153 Å². The lowest BCUT2D eigenvalue weighted by Crippen LogP contribution is -2.24. The van der Waals surface area contributed by atoms with E-state index in [2.05, 4.69) is 15.5 Å². The van der Waals surface area contributed by atoms with Crippen LogP contribution < -0.4 is 5.32 Å². The summed E-state index contributed by atoms with van der Waals surface area (Å²) in [6.07, 6.45) is 2.92. The lowest BCUT2D eigenvalue weighted by molar-refractivity contribution is -0.385. The van der Waals surface area contributed by atoms with E-state index in [0.717, 1.165) is 5.56 Å². The van der Waals surface area contributed by atoms with Crippen LogP contribution in [0.5, 0.6) is 0 Å². The van der Waals surface area contributed by atoms with Crippen LogP contribution in [-0.2, 0) is 11.3 Å². The molecule has 0 aliphatic rings. The molecule has 2 aromatic heterocycles. The van der Waals surface area contributed by atoms with Crippen molar-refractivity contribution in [1.29, 1.82) is 0 Å². The van der Waals surface area contributed by atoms with E-state index in [1.165, 1.54) is 29.9 Å². The molecule has 0 saturated heterocycles. The number of aryl methyl sites for hydroxylation is 1. The molecule has 0 aliphatic carbocycles. The third-order valence-corrected chi connectivity index (χ3v) is 4.01. The van der Waals surface area contributed by atoms with E-state index in [1.807, 2.05) is 0 Å². The van der Waals surface area contributed by atoms with Crippen molar-refractivity contribution in [2.75, 3.05) is 5.32 Å². The van der Waals surface area contributed by atoms with Crippen LogP contribution in [0.3, 0.4) is 0 Å². The maximum atomic E-state index is 12.9. The fourth-order valence-corrected chi connectivity index (χ4v) is 2.49. The molecule has 1 aromatic carbocycles. The number of nitro groups is 1. The quantitative estimate of drug-likeness (QED) is 0.529. The number of halogens is 1. The Balaban J connectivity index is 1.65. The molecule has 0 fully saturated rings. The maximum Gasteiger partial charge on any atom is 0.309 e. The van der Waals surface area contributed by atoms with Gasteiger partial charge in [-0.05, 0) is 31.5 Å². The van der Waals surface area contributed by atoms with Gasteiger partial charge in [0, 0.05) is 12.3 Å². The molecule has 1 unspecified atom stereocenters. The molecule has 2 heterocycles. The number of carbonyl (C=O) groups is 1. The van der Waals surface area contributed by atoms with Gasteiger partial charge in [-0.2, -0.15) is 10.2 Å². The Kier molecular flexibility index (Phi) is 4.97. The number of benzene rings is 1. The molecule has 1 N–H and O–H groups in total. The van der Waals surface area contributed by atoms with Crippen molar-refractivity contribution in [2.24, 2.45) is 0 Å². The Morgan fingerprint density at radius 2 is 2.00 bits per heavy atom. The van der Waals surface area contributed by atoms with Crippen LogP contribution in [0.4, 0.5) is 15.9 Å². The predicted molar refractivity (Wildman–Crippen MR) is 94.7 cm³/mol. The lowest BCUT2D eigenvalue weighted by atomic mass is 10.2. The van der Waals surface area contributed by atoms with Crippen molar-refractivity contribution in [3.63, 3.8) is 0 Å². The summed E-state index contributed by atoms with van der Waals surface area (Å²) >= 11 is 0. The van der Waals surface area contributed by atoms with Crippen molar-refractivity contribution in [1.82, 2.24) is 19.6 Å². The average Bonchev–Trinajstić information content (AvgIpc) is 3.22. The van der Waals surface area contributed by atoms with E-state index >= 15 is 0 Å². The van der Waals surface area contributed by atoms with E-state index in [1.54, 1.807) is 36.0 Å². The molecule has 3 rings (SSSR count). The van der Waals surface area contributed by atoms with Crippen LogP contribution in [0.1, 0.15) is 24.2 Å². The minimum atomic E-state index is -0.750. The Morgan fingerprint density at radius 1 is 1.30 bits per heavy atom. The molecule has 1 atom stereocenters. The lowest BCUT2D eigenvalue weighted by Gasteiger charge is -2.10. The van der Waals surface area contributed by atoms with Crippen molar-refractivity contribution < 1.29 is 14.1 Å². The number of aromatic nitrogens is 4. The van der Waals surface area contributed by atoms with E-state index < -0.39 is 16.9 Å². The number of hydrogen-bond acceptors (Lipinski definition) is 5. The molecule has 27 heavy (non-hydrogen) atoms. The second kappa shape index (κ2) is 7.36. The number of nitrogens with zero attached hydrogens (tertiary/aromatic N) is 5. The van der Waals surface area contributed by atoms with Crippen LogP contribution >= 0.6 is 0 Å². The van der Waals surface area contributed by atoms with Crippen molar-refractivity contribution in [3.05, 3.63) is 69.9 Å². The van der Waals surface area contributed by atoms with Crippen molar-refractivity contribution in [2.45, 2.75) is 26.4 Å². The van der Waals surface area contributed by atoms with Gasteiger partial charge in [-0.3, -0.25) is 24.3 Å². The first-order valence-corrected chi connectivity index (χ1v) is 8.12. The summed E-state index contributed by atoms with van der Waals surface area (Å²) in [5.74, 6) is -0.373. The number of amides is 1. The van der Waals surface area contributed by atoms with Gasteiger partial charge in [-0.15, -0.1) is 0 Å². The zero-order valence-corrected chi connectivity index (χ0v) is 14.7. The highest BCUT2D eigenvalue weighted by atomic mass is 19.1. The highest BCUT2D eigenvalue weighted by Crippen LogP contribution is 2.19. The summed E-state index contributed by atoms with van der Waals surface area (Å²) in [5, 5.41) is 21.8. The molecule has 0 spiro atoms. The van der Waals surface area contributed by atoms with Gasteiger partial charge < -0.3 is 5.32 Å². The van der Waals surface area contributed by atoms with Crippen LogP contribution in [0.2, 0.25) is 0 Å². The van der Waals surface area contributed by atoms with E-state index in [0.29, 0.717) is 12.4 Å². The summed E-state index contributed by atoms with van der Waals surface area (Å²) in [4.78, 5) is 22.7. The molecule has 140 valence electrons. The second-order valence-corrected chi connectivity index (χ2v) is 6.03. The van der Waals surface area contributed by atoms with Gasteiger partial charge in [0.05, 0.1) is 11.5 Å². The molecule has 0 aliphatic heterocycles. The topological polar surface area (TPSA) is 108 Å². The Morgan fingerprint density at radius 3 is 2.63 bits per heavy atom. The van der Waals surface area contributed by atoms with Crippen molar-refractivity contribution in [3.8, 4) is 0 Å². The standard InChI is InChI=1S/C17H17FN6O3/c1-11-15(24(26)27)10-23(20-11)12(2)17(25)19-16-7-8-22(21-16)9-13-3-5-14(18)6-4-13/h3-8,10,12H,9H2,1-2H3,(H,19,21,25). The van der Waals surface area contributed by atoms with E-state index in [4.69, 9.17) is 0 Å². The summed E-state index contributed by atoms with van der Waals surface area (Å²) in [7, 11) is 0. The molecule has 0 radical (unpaired) electrons. The van der Waals surface area contributed by atoms with Gasteiger partial charge in [0.25, 0.3) is 0 Å². The monoisotopic (exact) mass is 372 g/mol. The van der Waals surface area contributed by atoms with Crippen molar-refractivity contribution >= 4 is 17.4 Å². The van der Waals surface area contributed by atoms with Gasteiger partial charge in [-0.25, -0.2) is 4.39 Å². The SMILES string of the molecule is Cc1nn(C(C)C(=O)Nc2ccn(Cc3ccc(F)cc3)n2)cc1[N+](=O)[O-]. The van der Waals surface area contributed by atoms with Crippen LogP contribution in [-0.4, -0.2) is 30.4 Å². The molecule has 1 amide bonds. The first-order valence-electron chi connectivity index (χ1n) is 8.12. The molecular formula is C17H17FN6O3. The molecule has 10 heteroatoms. The fourth-order valence-electron chi connectivity index (χ4n) is 2.49. The summed E-state index contributed by atoms with van der Waals surface area (Å²) < 4.78 is 15.8. The van der Waals surface area contributed by atoms with Gasteiger partial charge >= 0.3 is 5.69 Å². The van der Waals surface area contributed by atoms with Crippen LogP contribution in [0, 0.1) is 22.9 Å². The molecule has 9 nitrogen and oxygen atoms in total. The third-order valence-electron chi connectivity index (χ3n) is 4.01. The summed E-state index contributed by atoms with van der Waals surface area (Å²) in [6.45, 7) is 3.52. The minimum Gasteiger partial charge on any atom is -0.307 e. The molecule has 0 bridgehead atoms. The Hall–Kier alpha value is -3.56.